The van der Waals surface area contributed by atoms with Crippen molar-refractivity contribution in [3.05, 3.63) is 69.9 Å². The Morgan fingerprint density at radius 2 is 0.727 bits per heavy atom. The fraction of sp³-hybridized carbons (Fsp3) is 0.600. The molecule has 0 amide bonds. The lowest BCUT2D eigenvalue weighted by Gasteiger charge is -2.04. The molecule has 0 unspecified atom stereocenters. The molecule has 0 N–H and O–H groups in total. The van der Waals surface area contributed by atoms with Gasteiger partial charge in [-0.25, -0.2) is 8.42 Å². The van der Waals surface area contributed by atoms with Gasteiger partial charge in [0, 0.05) is 0 Å². The fourth-order valence-corrected chi connectivity index (χ4v) is 4.50. The van der Waals surface area contributed by atoms with Crippen molar-refractivity contribution < 1.29 is 8.42 Å². The highest BCUT2D eigenvalue weighted by atomic mass is 32.2. The summed E-state index contributed by atoms with van der Waals surface area (Å²) in [4.78, 5) is 0. The van der Waals surface area contributed by atoms with E-state index in [1.807, 2.05) is 26.0 Å². The molecular weight excluding hydrogens is 424 g/mol. The van der Waals surface area contributed by atoms with Gasteiger partial charge in [-0.3, -0.25) is 0 Å². The van der Waals surface area contributed by atoms with Crippen molar-refractivity contribution in [1.82, 2.24) is 0 Å². The summed E-state index contributed by atoms with van der Waals surface area (Å²) in [6, 6.07) is 0. The topological polar surface area (TPSA) is 34.1 Å². The van der Waals surface area contributed by atoms with E-state index in [4.69, 9.17) is 0 Å². The average molecular weight is 475 g/mol. The van der Waals surface area contributed by atoms with Gasteiger partial charge in [-0.1, -0.05) is 69.9 Å². The molecular formula is C30H50O2S. The van der Waals surface area contributed by atoms with Crippen LogP contribution in [-0.2, 0) is 9.84 Å². The molecule has 0 aliphatic heterocycles. The lowest BCUT2D eigenvalue weighted by molar-refractivity contribution is 0.601. The van der Waals surface area contributed by atoms with Crippen molar-refractivity contribution >= 4 is 9.84 Å². The van der Waals surface area contributed by atoms with Crippen LogP contribution in [0.2, 0.25) is 0 Å². The Morgan fingerprint density at radius 3 is 1.03 bits per heavy atom. The molecule has 0 aliphatic rings. The van der Waals surface area contributed by atoms with Gasteiger partial charge in [-0.05, 0) is 107 Å². The van der Waals surface area contributed by atoms with E-state index in [1.165, 1.54) is 22.3 Å². The Bertz CT molecular complexity index is 785. The molecule has 0 aromatic rings. The van der Waals surface area contributed by atoms with Gasteiger partial charge in [0.05, 0.1) is 11.5 Å². The van der Waals surface area contributed by atoms with E-state index in [1.54, 1.807) is 0 Å². The third-order valence-corrected chi connectivity index (χ3v) is 6.97. The van der Waals surface area contributed by atoms with Crippen LogP contribution >= 0.6 is 0 Å². The maximum atomic E-state index is 12.4. The summed E-state index contributed by atoms with van der Waals surface area (Å²) in [5, 5.41) is 0. The van der Waals surface area contributed by atoms with Gasteiger partial charge in [-0.2, -0.15) is 0 Å². The van der Waals surface area contributed by atoms with Gasteiger partial charge in [-0.15, -0.1) is 0 Å². The molecule has 188 valence electrons. The molecule has 0 saturated heterocycles. The van der Waals surface area contributed by atoms with E-state index in [0.717, 1.165) is 62.5 Å². The van der Waals surface area contributed by atoms with Gasteiger partial charge in [0.2, 0.25) is 0 Å². The van der Waals surface area contributed by atoms with Gasteiger partial charge >= 0.3 is 0 Å². The molecule has 0 heterocycles. The van der Waals surface area contributed by atoms with Crippen molar-refractivity contribution in [2.45, 2.75) is 107 Å². The lowest BCUT2D eigenvalue weighted by Crippen LogP contribution is -2.08. The Labute approximate surface area is 206 Å². The maximum absolute atomic E-state index is 12.4. The first-order chi connectivity index (χ1) is 15.4. The summed E-state index contributed by atoms with van der Waals surface area (Å²) in [5.41, 5.74) is 7.86. The smallest absolute Gasteiger partial charge is 0.157 e. The molecule has 33 heavy (non-hydrogen) atoms. The standard InChI is InChI=1S/C30H50O2S/c1-25(2)13-9-15-27(5)17-11-19-29(7)21-23-33(31,32)24-22-30(8)20-12-18-28(6)16-10-14-26(3)4/h13-14,17-18,21-22H,9-12,15-16,19-20,23-24H2,1-8H3. The Hall–Kier alpha value is -1.61. The molecule has 2 nitrogen and oxygen atoms in total. The SMILES string of the molecule is CC(C)=CCCC(C)=CCCC(C)=CCS(=O)(=O)CC=C(C)CCC=C(C)CCC=C(C)C. The largest absolute Gasteiger partial charge is 0.228 e. The molecule has 0 aromatic carbocycles. The van der Waals surface area contributed by atoms with Crippen LogP contribution < -0.4 is 0 Å². The number of rotatable bonds is 16. The monoisotopic (exact) mass is 474 g/mol. The van der Waals surface area contributed by atoms with Crippen LogP contribution in [0.5, 0.6) is 0 Å². The van der Waals surface area contributed by atoms with E-state index in [2.05, 4.69) is 65.8 Å². The van der Waals surface area contributed by atoms with Crippen molar-refractivity contribution in [3.8, 4) is 0 Å². The van der Waals surface area contributed by atoms with Gasteiger partial charge < -0.3 is 0 Å². The number of hydrogen-bond acceptors (Lipinski definition) is 2. The van der Waals surface area contributed by atoms with Crippen LogP contribution in [0.25, 0.3) is 0 Å². The molecule has 0 radical (unpaired) electrons. The summed E-state index contributed by atoms with van der Waals surface area (Å²) in [7, 11) is -3.09. The Balaban J connectivity index is 4.40. The fourth-order valence-electron chi connectivity index (χ4n) is 3.28. The molecule has 0 bridgehead atoms. The molecule has 0 saturated carbocycles. The highest BCUT2D eigenvalue weighted by Crippen LogP contribution is 2.13. The van der Waals surface area contributed by atoms with Gasteiger partial charge in [0.1, 0.15) is 0 Å². The van der Waals surface area contributed by atoms with E-state index in [0.29, 0.717) is 0 Å². The predicted octanol–water partition coefficient (Wildman–Crippen LogP) is 9.24. The third-order valence-electron chi connectivity index (χ3n) is 5.62. The van der Waals surface area contributed by atoms with Crippen LogP contribution in [0.1, 0.15) is 107 Å². The summed E-state index contributed by atoms with van der Waals surface area (Å²) in [5.74, 6) is 0.268. The lowest BCUT2D eigenvalue weighted by atomic mass is 10.1. The molecule has 0 spiro atoms. The minimum atomic E-state index is -3.09. The molecule has 0 atom stereocenters. The van der Waals surface area contributed by atoms with Crippen molar-refractivity contribution in [1.29, 1.82) is 0 Å². The van der Waals surface area contributed by atoms with E-state index in [-0.39, 0.29) is 11.5 Å². The van der Waals surface area contributed by atoms with Crippen molar-refractivity contribution in [3.63, 3.8) is 0 Å². The number of allylic oxidation sites excluding steroid dienone is 10. The second-order valence-corrected chi connectivity index (χ2v) is 12.2. The summed E-state index contributed by atoms with van der Waals surface area (Å²) < 4.78 is 24.9. The second kappa shape index (κ2) is 17.8. The van der Waals surface area contributed by atoms with Crippen LogP contribution in [0.4, 0.5) is 0 Å². The minimum absolute atomic E-state index is 0.134. The molecule has 0 fully saturated rings. The van der Waals surface area contributed by atoms with Gasteiger partial charge in [0.15, 0.2) is 9.84 Å². The van der Waals surface area contributed by atoms with Gasteiger partial charge in [0.25, 0.3) is 0 Å². The Kier molecular flexibility index (Phi) is 16.9. The molecule has 0 aliphatic carbocycles. The minimum Gasteiger partial charge on any atom is -0.228 e. The predicted molar refractivity (Wildman–Crippen MR) is 149 cm³/mol. The Morgan fingerprint density at radius 1 is 0.455 bits per heavy atom. The summed E-state index contributed by atoms with van der Waals surface area (Å²) in [6.45, 7) is 17.0. The van der Waals surface area contributed by atoms with Crippen LogP contribution in [0.3, 0.4) is 0 Å². The highest BCUT2D eigenvalue weighted by molar-refractivity contribution is 7.91. The third kappa shape index (κ3) is 20.7. The normalized spacial score (nSPS) is 13.8. The summed E-state index contributed by atoms with van der Waals surface area (Å²) in [6.07, 6.45) is 21.1. The number of hydrogen-bond donors (Lipinski definition) is 0. The average Bonchev–Trinajstić information content (AvgIpc) is 2.70. The quantitative estimate of drug-likeness (QED) is 0.209. The van der Waals surface area contributed by atoms with Crippen molar-refractivity contribution in [2.24, 2.45) is 0 Å². The maximum Gasteiger partial charge on any atom is 0.157 e. The molecule has 0 rings (SSSR count). The van der Waals surface area contributed by atoms with Crippen LogP contribution in [0, 0.1) is 0 Å². The van der Waals surface area contributed by atoms with Crippen molar-refractivity contribution in [2.75, 3.05) is 11.5 Å². The first kappa shape index (κ1) is 31.4. The first-order valence-corrected chi connectivity index (χ1v) is 14.3. The van der Waals surface area contributed by atoms with Crippen LogP contribution in [-0.4, -0.2) is 19.9 Å². The molecule has 3 heteroatoms. The highest BCUT2D eigenvalue weighted by Gasteiger charge is 2.07. The molecule has 0 aromatic heterocycles. The first-order valence-electron chi connectivity index (χ1n) is 12.5. The zero-order valence-electron chi connectivity index (χ0n) is 22.8. The zero-order chi connectivity index (χ0) is 25.3. The van der Waals surface area contributed by atoms with E-state index < -0.39 is 9.84 Å². The second-order valence-electron chi connectivity index (χ2n) is 10.00. The van der Waals surface area contributed by atoms with Crippen LogP contribution in [0.15, 0.2) is 69.9 Å². The number of sulfone groups is 1. The zero-order valence-corrected chi connectivity index (χ0v) is 23.6. The van der Waals surface area contributed by atoms with E-state index >= 15 is 0 Å². The summed E-state index contributed by atoms with van der Waals surface area (Å²) >= 11 is 0. The van der Waals surface area contributed by atoms with E-state index in [9.17, 15) is 8.42 Å².